The highest BCUT2D eigenvalue weighted by atomic mass is 28.3. The van der Waals surface area contributed by atoms with Crippen LogP contribution in [-0.4, -0.2) is 8.80 Å². The molecular formula is C26H38Si. The molecule has 2 aromatic rings. The first-order chi connectivity index (χ1) is 13.1. The van der Waals surface area contributed by atoms with Crippen LogP contribution in [0.2, 0.25) is 13.1 Å². The summed E-state index contributed by atoms with van der Waals surface area (Å²) in [6.45, 7) is 11.4. The van der Waals surface area contributed by atoms with Crippen LogP contribution in [0.15, 0.2) is 55.1 Å². The van der Waals surface area contributed by atoms with Gasteiger partial charge in [-0.3, -0.25) is 0 Å². The second kappa shape index (κ2) is 12.0. The van der Waals surface area contributed by atoms with Crippen LogP contribution in [0.4, 0.5) is 0 Å². The zero-order chi connectivity index (χ0) is 19.5. The molecule has 0 spiro atoms. The third kappa shape index (κ3) is 7.50. The van der Waals surface area contributed by atoms with Gasteiger partial charge in [0.15, 0.2) is 0 Å². The van der Waals surface area contributed by atoms with Crippen LogP contribution >= 0.6 is 0 Å². The van der Waals surface area contributed by atoms with Crippen LogP contribution in [0.1, 0.15) is 75.0 Å². The minimum absolute atomic E-state index is 0.716. The molecule has 0 aliphatic heterocycles. The van der Waals surface area contributed by atoms with Crippen LogP contribution in [0.5, 0.6) is 0 Å². The monoisotopic (exact) mass is 378 g/mol. The zero-order valence-electron chi connectivity index (χ0n) is 17.8. The maximum Gasteiger partial charge on any atom is 0.0647 e. The highest BCUT2D eigenvalue weighted by molar-refractivity contribution is 6.70. The van der Waals surface area contributed by atoms with Crippen LogP contribution < -0.4 is 5.19 Å². The highest BCUT2D eigenvalue weighted by Gasteiger charge is 2.05. The third-order valence-corrected chi connectivity index (χ3v) is 7.27. The molecule has 0 radical (unpaired) electrons. The maximum absolute atomic E-state index is 4.33. The minimum Gasteiger partial charge on any atom is -0.0906 e. The lowest BCUT2D eigenvalue weighted by Gasteiger charge is -2.10. The molecule has 0 aliphatic carbocycles. The number of rotatable bonds is 12. The molecule has 0 saturated carbocycles. The van der Waals surface area contributed by atoms with E-state index in [1.54, 1.807) is 0 Å². The second-order valence-corrected chi connectivity index (χ2v) is 11.2. The molecule has 0 aliphatic rings. The molecule has 0 amide bonds. The van der Waals surface area contributed by atoms with E-state index in [0.29, 0.717) is 0 Å². The average Bonchev–Trinajstić information content (AvgIpc) is 2.70. The van der Waals surface area contributed by atoms with Gasteiger partial charge in [-0.05, 0) is 35.1 Å². The highest BCUT2D eigenvalue weighted by Crippen LogP contribution is 2.22. The van der Waals surface area contributed by atoms with E-state index in [1.807, 2.05) is 0 Å². The molecule has 0 heterocycles. The van der Waals surface area contributed by atoms with E-state index >= 15 is 0 Å². The Morgan fingerprint density at radius 3 is 1.70 bits per heavy atom. The standard InChI is InChI=1S/C26H38Si/c1-5-6-7-8-9-10-11-12-13-23-14-16-24(17-15-23)22(2)25-18-20-26(21-19-25)27(3)4/h14-21,27H,2,5-13H2,1,3-4H3. The molecular weight excluding hydrogens is 340 g/mol. The summed E-state index contributed by atoms with van der Waals surface area (Å²) < 4.78 is 0. The topological polar surface area (TPSA) is 0 Å². The van der Waals surface area contributed by atoms with E-state index in [9.17, 15) is 0 Å². The molecule has 2 rings (SSSR count). The molecule has 0 saturated heterocycles. The maximum atomic E-state index is 4.33. The van der Waals surface area contributed by atoms with Crippen molar-refractivity contribution in [3.63, 3.8) is 0 Å². The second-order valence-electron chi connectivity index (χ2n) is 8.18. The Balaban J connectivity index is 1.76. The zero-order valence-corrected chi connectivity index (χ0v) is 18.9. The van der Waals surface area contributed by atoms with Crippen LogP contribution in [0, 0.1) is 0 Å². The molecule has 0 nitrogen and oxygen atoms in total. The van der Waals surface area contributed by atoms with E-state index < -0.39 is 8.80 Å². The lowest BCUT2D eigenvalue weighted by Crippen LogP contribution is -2.21. The van der Waals surface area contributed by atoms with Crippen molar-refractivity contribution >= 4 is 19.6 Å². The fraction of sp³-hybridized carbons (Fsp3) is 0.462. The van der Waals surface area contributed by atoms with Gasteiger partial charge in [0.05, 0.1) is 8.80 Å². The van der Waals surface area contributed by atoms with E-state index in [0.717, 1.165) is 5.57 Å². The fourth-order valence-electron chi connectivity index (χ4n) is 3.57. The largest absolute Gasteiger partial charge is 0.0906 e. The molecule has 0 N–H and O–H groups in total. The van der Waals surface area contributed by atoms with E-state index in [4.69, 9.17) is 0 Å². The summed E-state index contributed by atoms with van der Waals surface area (Å²) in [7, 11) is -0.716. The molecule has 27 heavy (non-hydrogen) atoms. The Bertz CT molecular complexity index is 664. The van der Waals surface area contributed by atoms with Gasteiger partial charge in [0, 0.05) is 0 Å². The van der Waals surface area contributed by atoms with Crippen LogP contribution in [0.25, 0.3) is 5.57 Å². The van der Waals surface area contributed by atoms with Crippen LogP contribution in [-0.2, 0) is 6.42 Å². The number of benzene rings is 2. The van der Waals surface area contributed by atoms with Crippen LogP contribution in [0.3, 0.4) is 0 Å². The van der Waals surface area contributed by atoms with Crippen molar-refractivity contribution in [3.05, 3.63) is 71.8 Å². The van der Waals surface area contributed by atoms with Gasteiger partial charge in [0.2, 0.25) is 0 Å². The smallest absolute Gasteiger partial charge is 0.0647 e. The van der Waals surface area contributed by atoms with Gasteiger partial charge in [-0.15, -0.1) is 0 Å². The van der Waals surface area contributed by atoms with Crippen molar-refractivity contribution in [2.24, 2.45) is 0 Å². The summed E-state index contributed by atoms with van der Waals surface area (Å²) in [5.74, 6) is 0. The molecule has 0 atom stereocenters. The lowest BCUT2D eigenvalue weighted by atomic mass is 9.97. The normalized spacial score (nSPS) is 11.1. The summed E-state index contributed by atoms with van der Waals surface area (Å²) in [6, 6.07) is 18.1. The first-order valence-corrected chi connectivity index (χ1v) is 13.9. The molecule has 146 valence electrons. The molecule has 0 bridgehead atoms. The Kier molecular flexibility index (Phi) is 9.62. The molecule has 1 heteroatoms. The Hall–Kier alpha value is -1.60. The molecule has 2 aromatic carbocycles. The Morgan fingerprint density at radius 2 is 1.19 bits per heavy atom. The van der Waals surface area contributed by atoms with Crippen molar-refractivity contribution in [2.45, 2.75) is 77.8 Å². The number of hydrogen-bond donors (Lipinski definition) is 0. The van der Waals surface area contributed by atoms with Gasteiger partial charge in [-0.1, -0.05) is 125 Å². The van der Waals surface area contributed by atoms with Crippen molar-refractivity contribution < 1.29 is 0 Å². The summed E-state index contributed by atoms with van der Waals surface area (Å²) in [5, 5.41) is 1.52. The predicted octanol–water partition coefficient (Wildman–Crippen LogP) is 7.13. The summed E-state index contributed by atoms with van der Waals surface area (Å²) >= 11 is 0. The van der Waals surface area contributed by atoms with Crippen molar-refractivity contribution in [1.29, 1.82) is 0 Å². The summed E-state index contributed by atoms with van der Waals surface area (Å²) in [5.41, 5.74) is 5.07. The average molecular weight is 379 g/mol. The van der Waals surface area contributed by atoms with Gasteiger partial charge >= 0.3 is 0 Å². The van der Waals surface area contributed by atoms with E-state index in [1.165, 1.54) is 79.7 Å². The fourth-order valence-corrected chi connectivity index (χ4v) is 4.53. The predicted molar refractivity (Wildman–Crippen MR) is 126 cm³/mol. The molecule has 0 unspecified atom stereocenters. The van der Waals surface area contributed by atoms with Gasteiger partial charge in [-0.25, -0.2) is 0 Å². The van der Waals surface area contributed by atoms with Crippen molar-refractivity contribution in [2.75, 3.05) is 0 Å². The van der Waals surface area contributed by atoms with E-state index in [-0.39, 0.29) is 0 Å². The van der Waals surface area contributed by atoms with E-state index in [2.05, 4.69) is 75.1 Å². The number of unbranched alkanes of at least 4 members (excludes halogenated alkanes) is 7. The van der Waals surface area contributed by atoms with Gasteiger partial charge in [-0.2, -0.15) is 0 Å². The van der Waals surface area contributed by atoms with Gasteiger partial charge in [0.25, 0.3) is 0 Å². The SMILES string of the molecule is C=C(c1ccc(CCCCCCCCCC)cc1)c1ccc([SiH](C)C)cc1. The summed E-state index contributed by atoms with van der Waals surface area (Å²) in [6.07, 6.45) is 12.3. The third-order valence-electron chi connectivity index (χ3n) is 5.55. The Morgan fingerprint density at radius 1 is 0.704 bits per heavy atom. The van der Waals surface area contributed by atoms with Gasteiger partial charge < -0.3 is 0 Å². The molecule has 0 aromatic heterocycles. The first-order valence-electron chi connectivity index (χ1n) is 11.0. The summed E-state index contributed by atoms with van der Waals surface area (Å²) in [4.78, 5) is 0. The minimum atomic E-state index is -0.716. The quantitative estimate of drug-likeness (QED) is 0.272. The number of aryl methyl sites for hydroxylation is 1. The lowest BCUT2D eigenvalue weighted by molar-refractivity contribution is 0.575. The van der Waals surface area contributed by atoms with Crippen molar-refractivity contribution in [3.8, 4) is 0 Å². The number of hydrogen-bond acceptors (Lipinski definition) is 0. The van der Waals surface area contributed by atoms with Gasteiger partial charge in [0.1, 0.15) is 0 Å². The first kappa shape index (κ1) is 21.7. The molecule has 0 fully saturated rings. The Labute approximate surface area is 169 Å². The van der Waals surface area contributed by atoms with Crippen molar-refractivity contribution in [1.82, 2.24) is 0 Å².